The van der Waals surface area contributed by atoms with Gasteiger partial charge in [-0.25, -0.2) is 0 Å². The molecule has 0 fully saturated rings. The molecule has 2 aromatic rings. The van der Waals surface area contributed by atoms with Crippen LogP contribution in [0.5, 0.6) is 23.0 Å². The number of fused-ring (bicyclic) bond motifs is 2. The van der Waals surface area contributed by atoms with Crippen LogP contribution in [0.4, 0.5) is 0 Å². The molecule has 0 amide bonds. The summed E-state index contributed by atoms with van der Waals surface area (Å²) >= 11 is 1.90. The van der Waals surface area contributed by atoms with Crippen LogP contribution in [0.25, 0.3) is 0 Å². The first-order chi connectivity index (χ1) is 14.0. The average Bonchev–Trinajstić information content (AvgIpc) is 2.75. The molecule has 2 aliphatic heterocycles. The van der Waals surface area contributed by atoms with Crippen LogP contribution in [0.1, 0.15) is 16.7 Å². The number of para-hydroxylation sites is 1. The number of hydrogen-bond acceptors (Lipinski definition) is 6. The molecule has 2 unspecified atom stereocenters. The Bertz CT molecular complexity index is 812. The fourth-order valence-corrected chi connectivity index (χ4v) is 3.37. The summed E-state index contributed by atoms with van der Waals surface area (Å²) in [5.74, 6) is 3.32. The van der Waals surface area contributed by atoms with Crippen LogP contribution >= 0.6 is 22.6 Å². The Morgan fingerprint density at radius 2 is 1.41 bits per heavy atom. The van der Waals surface area contributed by atoms with Crippen LogP contribution in [0.3, 0.4) is 0 Å². The normalized spacial score (nSPS) is 17.1. The third-order valence-electron chi connectivity index (χ3n) is 4.79. The molecule has 9 heteroatoms. The van der Waals surface area contributed by atoms with Crippen molar-refractivity contribution in [1.82, 2.24) is 0 Å². The SMILES string of the molecule is COc1ccc(C)c2c1OCC(N)C2.COc1cccc2c1OCC(N)C2.[CH2-]I.[CH3-].[V].[V]. The summed E-state index contributed by atoms with van der Waals surface area (Å²) in [6, 6.07) is 10.1. The van der Waals surface area contributed by atoms with E-state index in [1.807, 2.05) is 52.9 Å². The van der Waals surface area contributed by atoms with Crippen molar-refractivity contribution in [1.29, 1.82) is 0 Å². The smallest absolute Gasteiger partial charge is 0.164 e. The second kappa shape index (κ2) is 17.0. The van der Waals surface area contributed by atoms with Gasteiger partial charge in [0, 0.05) is 54.8 Å². The molecule has 4 N–H and O–H groups in total. The van der Waals surface area contributed by atoms with Crippen LogP contribution in [-0.4, -0.2) is 39.5 Å². The molecule has 6 nitrogen and oxygen atoms in total. The molecular weight excluding hydrogens is 597 g/mol. The molecule has 0 aromatic heterocycles. The van der Waals surface area contributed by atoms with Gasteiger partial charge in [0.15, 0.2) is 23.0 Å². The predicted molar refractivity (Wildman–Crippen MR) is 131 cm³/mol. The van der Waals surface area contributed by atoms with Gasteiger partial charge in [-0.3, -0.25) is 4.93 Å². The number of methoxy groups -OCH3 is 2. The van der Waals surface area contributed by atoms with E-state index in [4.69, 9.17) is 30.4 Å². The minimum Gasteiger partial charge on any atom is -0.493 e. The Balaban J connectivity index is 0. The number of aryl methyl sites for hydroxylation is 1. The third kappa shape index (κ3) is 8.67. The summed E-state index contributed by atoms with van der Waals surface area (Å²) in [6.07, 6.45) is 1.74. The summed E-state index contributed by atoms with van der Waals surface area (Å²) in [6.45, 7) is 3.22. The number of hydrogen-bond donors (Lipinski definition) is 2. The second-order valence-corrected chi connectivity index (χ2v) is 6.89. The standard InChI is InChI=1S/C11H15NO2.C10H13NO2.CH2I.CH3.2V/c1-7-3-4-10(13-2)11-9(7)5-8(12)6-14-11;1-12-9-4-2-3-7-5-8(11)6-13-10(7)9;1-2;;;/h3-4,8H,5-6,12H2,1-2H3;2-4,8H,5-6,11H2,1H3;1H2;1H3;;/q;;2*-1;;. The molecule has 4 rings (SSSR count). The molecule has 0 aliphatic carbocycles. The number of nitrogens with two attached hydrogens (primary N) is 2. The number of rotatable bonds is 2. The Morgan fingerprint density at radius 3 is 2.00 bits per heavy atom. The fourth-order valence-electron chi connectivity index (χ4n) is 3.37. The molecule has 2 heterocycles. The topological polar surface area (TPSA) is 89.0 Å². The molecule has 2 atom stereocenters. The zero-order chi connectivity index (χ0) is 21.4. The van der Waals surface area contributed by atoms with Gasteiger partial charge in [-0.05, 0) is 43.0 Å². The van der Waals surface area contributed by atoms with Gasteiger partial charge < -0.3 is 60.4 Å². The summed E-state index contributed by atoms with van der Waals surface area (Å²) < 4.78 is 21.5. The third-order valence-corrected chi connectivity index (χ3v) is 4.79. The van der Waals surface area contributed by atoms with Gasteiger partial charge in [-0.2, -0.15) is 0 Å². The van der Waals surface area contributed by atoms with Crippen molar-refractivity contribution in [3.8, 4) is 23.0 Å². The molecule has 0 saturated carbocycles. The molecule has 0 saturated heterocycles. The summed E-state index contributed by atoms with van der Waals surface area (Å²) in [4.78, 5) is 3.22. The van der Waals surface area contributed by atoms with E-state index < -0.39 is 0 Å². The first-order valence-corrected chi connectivity index (χ1v) is 10.9. The van der Waals surface area contributed by atoms with Gasteiger partial charge in [-0.15, -0.1) is 0 Å². The van der Waals surface area contributed by atoms with E-state index in [2.05, 4.69) is 11.9 Å². The number of halogens is 1. The molecule has 2 aliphatic rings. The Hall–Kier alpha value is -0.541. The van der Waals surface area contributed by atoms with E-state index in [9.17, 15) is 0 Å². The maximum atomic E-state index is 5.84. The minimum absolute atomic E-state index is 0. The number of benzene rings is 2. The molecule has 0 bridgehead atoms. The first kappa shape index (κ1) is 33.6. The van der Waals surface area contributed by atoms with Gasteiger partial charge in [-0.1, -0.05) is 18.2 Å². The quantitative estimate of drug-likeness (QED) is 0.387. The van der Waals surface area contributed by atoms with Crippen LogP contribution in [0.15, 0.2) is 30.3 Å². The van der Waals surface area contributed by atoms with Crippen LogP contribution < -0.4 is 30.4 Å². The molecule has 178 valence electrons. The Labute approximate surface area is 230 Å². The van der Waals surface area contributed by atoms with Crippen molar-refractivity contribution in [3.05, 3.63) is 59.4 Å². The summed E-state index contributed by atoms with van der Waals surface area (Å²) in [5, 5.41) is 0. The summed E-state index contributed by atoms with van der Waals surface area (Å²) in [7, 11) is 3.30. The van der Waals surface area contributed by atoms with Crippen molar-refractivity contribution in [2.24, 2.45) is 11.5 Å². The van der Waals surface area contributed by atoms with Gasteiger partial charge >= 0.3 is 0 Å². The molecular formula is C23H33IN2O4V2-2. The first-order valence-electron chi connectivity index (χ1n) is 9.39. The Kier molecular flexibility index (Phi) is 17.8. The largest absolute Gasteiger partial charge is 0.493 e. The van der Waals surface area contributed by atoms with E-state index in [-0.39, 0.29) is 56.6 Å². The minimum atomic E-state index is 0. The predicted octanol–water partition coefficient (Wildman–Crippen LogP) is 3.88. The van der Waals surface area contributed by atoms with Crippen molar-refractivity contribution in [2.45, 2.75) is 31.8 Å². The molecule has 2 aromatic carbocycles. The monoisotopic (exact) mass is 630 g/mol. The van der Waals surface area contributed by atoms with Gasteiger partial charge in [0.25, 0.3) is 0 Å². The average molecular weight is 630 g/mol. The zero-order valence-electron chi connectivity index (χ0n) is 19.1. The van der Waals surface area contributed by atoms with Gasteiger partial charge in [0.1, 0.15) is 13.2 Å². The van der Waals surface area contributed by atoms with Gasteiger partial charge in [0.2, 0.25) is 0 Å². The zero-order valence-corrected chi connectivity index (χ0v) is 24.1. The van der Waals surface area contributed by atoms with E-state index in [0.717, 1.165) is 41.4 Å². The molecule has 2 radical (unpaired) electrons. The van der Waals surface area contributed by atoms with E-state index in [0.29, 0.717) is 13.2 Å². The second-order valence-electron chi connectivity index (χ2n) is 6.89. The van der Waals surface area contributed by atoms with Crippen LogP contribution in [0, 0.1) is 19.3 Å². The van der Waals surface area contributed by atoms with E-state index >= 15 is 0 Å². The maximum Gasteiger partial charge on any atom is 0.164 e. The number of ether oxygens (including phenoxy) is 4. The molecule has 32 heavy (non-hydrogen) atoms. The molecule has 0 spiro atoms. The van der Waals surface area contributed by atoms with Gasteiger partial charge in [0.05, 0.1) is 14.2 Å². The van der Waals surface area contributed by atoms with E-state index in [1.54, 1.807) is 14.2 Å². The van der Waals surface area contributed by atoms with Crippen molar-refractivity contribution >= 4 is 22.6 Å². The fraction of sp³-hybridized carbons (Fsp3) is 0.391. The van der Waals surface area contributed by atoms with Crippen molar-refractivity contribution < 1.29 is 56.1 Å². The maximum absolute atomic E-state index is 5.84. The Morgan fingerprint density at radius 1 is 0.875 bits per heavy atom. The summed E-state index contributed by atoms with van der Waals surface area (Å²) in [5.41, 5.74) is 15.2. The van der Waals surface area contributed by atoms with E-state index in [1.165, 1.54) is 11.1 Å². The van der Waals surface area contributed by atoms with Crippen LogP contribution in [-0.2, 0) is 50.0 Å². The van der Waals surface area contributed by atoms with Crippen molar-refractivity contribution in [3.63, 3.8) is 0 Å². The van der Waals surface area contributed by atoms with Crippen LogP contribution in [0.2, 0.25) is 0 Å². The van der Waals surface area contributed by atoms with Crippen molar-refractivity contribution in [2.75, 3.05) is 27.4 Å².